The van der Waals surface area contributed by atoms with E-state index in [2.05, 4.69) is 26.5 Å². The third-order valence-electron chi connectivity index (χ3n) is 4.40. The Hall–Kier alpha value is -3.85. The van der Waals surface area contributed by atoms with Crippen LogP contribution >= 0.6 is 15.9 Å². The van der Waals surface area contributed by atoms with Gasteiger partial charge in [0.15, 0.2) is 6.61 Å². The Bertz CT molecular complexity index is 1150. The Morgan fingerprint density at radius 3 is 2.26 bits per heavy atom. The Morgan fingerprint density at radius 2 is 1.59 bits per heavy atom. The van der Waals surface area contributed by atoms with Crippen LogP contribution in [0.1, 0.15) is 22.8 Å². The number of nitrogens with one attached hydrogen (secondary N) is 1. The molecule has 0 heterocycles. The zero-order valence-corrected chi connectivity index (χ0v) is 20.2. The van der Waals surface area contributed by atoms with Crippen molar-refractivity contribution in [3.05, 3.63) is 82.3 Å². The first-order valence-corrected chi connectivity index (χ1v) is 11.1. The van der Waals surface area contributed by atoms with E-state index in [1.165, 1.54) is 6.21 Å². The summed E-state index contributed by atoms with van der Waals surface area (Å²) in [6, 6.07) is 18.6. The first kappa shape index (κ1) is 24.8. The van der Waals surface area contributed by atoms with Crippen molar-refractivity contribution in [1.82, 2.24) is 5.43 Å². The van der Waals surface area contributed by atoms with Crippen molar-refractivity contribution < 1.29 is 28.5 Å². The van der Waals surface area contributed by atoms with Crippen molar-refractivity contribution >= 4 is 34.0 Å². The molecule has 0 aliphatic carbocycles. The van der Waals surface area contributed by atoms with E-state index >= 15 is 0 Å². The summed E-state index contributed by atoms with van der Waals surface area (Å²) in [5, 5.41) is 3.94. The summed E-state index contributed by atoms with van der Waals surface area (Å²) in [6.45, 7) is 2.20. The van der Waals surface area contributed by atoms with Gasteiger partial charge < -0.3 is 18.9 Å². The van der Waals surface area contributed by atoms with Crippen LogP contribution in [-0.2, 0) is 4.79 Å². The Labute approximate surface area is 205 Å². The van der Waals surface area contributed by atoms with Crippen LogP contribution in [0.5, 0.6) is 23.0 Å². The number of ether oxygens (including phenoxy) is 4. The molecule has 0 saturated heterocycles. The molecule has 0 saturated carbocycles. The van der Waals surface area contributed by atoms with Gasteiger partial charge in [0.1, 0.15) is 23.0 Å². The maximum absolute atomic E-state index is 12.5. The number of hydrogen-bond donors (Lipinski definition) is 1. The monoisotopic (exact) mass is 526 g/mol. The number of esters is 1. The van der Waals surface area contributed by atoms with Gasteiger partial charge in [-0.25, -0.2) is 10.2 Å². The second-order valence-corrected chi connectivity index (χ2v) is 7.70. The molecule has 0 aromatic heterocycles. The number of benzene rings is 3. The molecule has 1 amide bonds. The SMILES string of the molecule is CCOc1ccc(C(=O)Oc2ccc(Br)cc2C=NNC(=O)COc2ccc(OC)cc2)cc1. The van der Waals surface area contributed by atoms with Crippen molar-refractivity contribution in [2.24, 2.45) is 5.10 Å². The van der Waals surface area contributed by atoms with Gasteiger partial charge in [-0.1, -0.05) is 15.9 Å². The predicted octanol–water partition coefficient (Wildman–Crippen LogP) is 4.60. The largest absolute Gasteiger partial charge is 0.497 e. The van der Waals surface area contributed by atoms with Crippen molar-refractivity contribution in [2.45, 2.75) is 6.92 Å². The van der Waals surface area contributed by atoms with Crippen LogP contribution < -0.4 is 24.4 Å². The predicted molar refractivity (Wildman–Crippen MR) is 131 cm³/mol. The van der Waals surface area contributed by atoms with Crippen LogP contribution in [0.4, 0.5) is 0 Å². The van der Waals surface area contributed by atoms with Crippen LogP contribution in [0.3, 0.4) is 0 Å². The molecule has 176 valence electrons. The van der Waals surface area contributed by atoms with E-state index in [1.807, 2.05) is 6.92 Å². The molecule has 0 radical (unpaired) electrons. The van der Waals surface area contributed by atoms with Gasteiger partial charge in [-0.15, -0.1) is 0 Å². The van der Waals surface area contributed by atoms with E-state index in [-0.39, 0.29) is 12.4 Å². The van der Waals surface area contributed by atoms with Crippen LogP contribution in [0.15, 0.2) is 76.3 Å². The molecule has 3 rings (SSSR count). The highest BCUT2D eigenvalue weighted by molar-refractivity contribution is 9.10. The molecular formula is C25H23BrN2O6. The third kappa shape index (κ3) is 7.35. The number of amides is 1. The average Bonchev–Trinajstić information content (AvgIpc) is 2.85. The standard InChI is InChI=1S/C25H23BrN2O6/c1-3-32-21-7-4-17(5-8-21)25(30)34-23-13-6-19(26)14-18(23)15-27-28-24(29)16-33-22-11-9-20(31-2)10-12-22/h4-15H,3,16H2,1-2H3,(H,28,29). The highest BCUT2D eigenvalue weighted by Gasteiger charge is 2.12. The molecule has 0 bridgehead atoms. The van der Waals surface area contributed by atoms with Gasteiger partial charge in [0.25, 0.3) is 5.91 Å². The lowest BCUT2D eigenvalue weighted by Gasteiger charge is -2.09. The highest BCUT2D eigenvalue weighted by Crippen LogP contribution is 2.23. The summed E-state index contributed by atoms with van der Waals surface area (Å²) in [5.74, 6) is 1.19. The van der Waals surface area contributed by atoms with E-state index in [1.54, 1.807) is 73.8 Å². The van der Waals surface area contributed by atoms with Crippen molar-refractivity contribution in [3.8, 4) is 23.0 Å². The molecule has 0 aliphatic heterocycles. The molecule has 3 aromatic carbocycles. The highest BCUT2D eigenvalue weighted by atomic mass is 79.9. The van der Waals surface area contributed by atoms with Gasteiger partial charge in [-0.05, 0) is 73.7 Å². The van der Waals surface area contributed by atoms with Gasteiger partial charge in [-0.2, -0.15) is 5.10 Å². The first-order chi connectivity index (χ1) is 16.5. The topological polar surface area (TPSA) is 95.5 Å². The van der Waals surface area contributed by atoms with E-state index in [0.29, 0.717) is 35.0 Å². The van der Waals surface area contributed by atoms with Gasteiger partial charge in [0.2, 0.25) is 0 Å². The molecular weight excluding hydrogens is 504 g/mol. The Balaban J connectivity index is 1.59. The smallest absolute Gasteiger partial charge is 0.343 e. The summed E-state index contributed by atoms with van der Waals surface area (Å²) in [6.07, 6.45) is 1.39. The lowest BCUT2D eigenvalue weighted by Crippen LogP contribution is -2.24. The van der Waals surface area contributed by atoms with Crippen LogP contribution in [0, 0.1) is 0 Å². The summed E-state index contributed by atoms with van der Waals surface area (Å²) < 4.78 is 22.2. The van der Waals surface area contributed by atoms with E-state index in [4.69, 9.17) is 18.9 Å². The van der Waals surface area contributed by atoms with Crippen molar-refractivity contribution in [2.75, 3.05) is 20.3 Å². The fourth-order valence-corrected chi connectivity index (χ4v) is 3.13. The molecule has 0 unspecified atom stereocenters. The lowest BCUT2D eigenvalue weighted by atomic mass is 10.2. The Kier molecular flexibility index (Phi) is 9.04. The number of carbonyl (C=O) groups is 2. The zero-order valence-electron chi connectivity index (χ0n) is 18.6. The minimum absolute atomic E-state index is 0.220. The lowest BCUT2D eigenvalue weighted by molar-refractivity contribution is -0.123. The molecule has 9 heteroatoms. The molecule has 34 heavy (non-hydrogen) atoms. The summed E-state index contributed by atoms with van der Waals surface area (Å²) >= 11 is 3.38. The number of halogens is 1. The summed E-state index contributed by atoms with van der Waals surface area (Å²) in [4.78, 5) is 24.6. The van der Waals surface area contributed by atoms with Crippen LogP contribution in [0.25, 0.3) is 0 Å². The molecule has 0 atom stereocenters. The molecule has 1 N–H and O–H groups in total. The maximum atomic E-state index is 12.5. The quantitative estimate of drug-likeness (QED) is 0.179. The van der Waals surface area contributed by atoms with Crippen molar-refractivity contribution in [3.63, 3.8) is 0 Å². The summed E-state index contributed by atoms with van der Waals surface area (Å²) in [5.41, 5.74) is 3.25. The van der Waals surface area contributed by atoms with Crippen molar-refractivity contribution in [1.29, 1.82) is 0 Å². The van der Waals surface area contributed by atoms with Gasteiger partial charge in [0, 0.05) is 10.0 Å². The minimum Gasteiger partial charge on any atom is -0.497 e. The van der Waals surface area contributed by atoms with Gasteiger partial charge in [0.05, 0.1) is 25.5 Å². The average molecular weight is 527 g/mol. The molecule has 3 aromatic rings. The summed E-state index contributed by atoms with van der Waals surface area (Å²) in [7, 11) is 1.57. The number of hydrogen-bond acceptors (Lipinski definition) is 7. The molecule has 0 fully saturated rings. The number of carbonyl (C=O) groups excluding carboxylic acids is 2. The Morgan fingerprint density at radius 1 is 0.941 bits per heavy atom. The number of methoxy groups -OCH3 is 1. The number of nitrogens with zero attached hydrogens (tertiary/aromatic N) is 1. The fraction of sp³-hybridized carbons (Fsp3) is 0.160. The normalized spacial score (nSPS) is 10.6. The van der Waals surface area contributed by atoms with Gasteiger partial charge in [-0.3, -0.25) is 4.79 Å². The molecule has 8 nitrogen and oxygen atoms in total. The maximum Gasteiger partial charge on any atom is 0.343 e. The first-order valence-electron chi connectivity index (χ1n) is 10.3. The van der Waals surface area contributed by atoms with E-state index < -0.39 is 11.9 Å². The minimum atomic E-state index is -0.531. The second kappa shape index (κ2) is 12.4. The second-order valence-electron chi connectivity index (χ2n) is 6.79. The van der Waals surface area contributed by atoms with E-state index in [9.17, 15) is 9.59 Å². The zero-order chi connectivity index (χ0) is 24.3. The van der Waals surface area contributed by atoms with E-state index in [0.717, 1.165) is 4.47 Å². The molecule has 0 spiro atoms. The van der Waals surface area contributed by atoms with Gasteiger partial charge >= 0.3 is 5.97 Å². The fourth-order valence-electron chi connectivity index (χ4n) is 2.75. The molecule has 0 aliphatic rings. The van der Waals surface area contributed by atoms with Crippen LogP contribution in [-0.4, -0.2) is 38.4 Å². The van der Waals surface area contributed by atoms with Crippen LogP contribution in [0.2, 0.25) is 0 Å². The number of hydrazone groups is 1. The third-order valence-corrected chi connectivity index (χ3v) is 4.89. The number of rotatable bonds is 10.